The largest absolute Gasteiger partial charge is 0.416 e. The van der Waals surface area contributed by atoms with E-state index in [2.05, 4.69) is 10.1 Å². The number of imidazole rings is 1. The second kappa shape index (κ2) is 6.69. The number of carbonyl (C=O) groups is 1. The third-order valence-corrected chi connectivity index (χ3v) is 5.62. The number of rotatable bonds is 2. The summed E-state index contributed by atoms with van der Waals surface area (Å²) >= 11 is 0. The van der Waals surface area contributed by atoms with E-state index >= 15 is 0 Å². The molecule has 0 saturated carbocycles. The van der Waals surface area contributed by atoms with Crippen LogP contribution in [0.3, 0.4) is 0 Å². The van der Waals surface area contributed by atoms with Crippen molar-refractivity contribution in [3.05, 3.63) is 71.9 Å². The van der Waals surface area contributed by atoms with E-state index < -0.39 is 11.7 Å². The number of nitrogens with zero attached hydrogens (tertiary/aromatic N) is 5. The van der Waals surface area contributed by atoms with Crippen LogP contribution in [0.4, 0.5) is 18.9 Å². The molecule has 0 unspecified atom stereocenters. The van der Waals surface area contributed by atoms with Gasteiger partial charge >= 0.3 is 6.18 Å². The van der Waals surface area contributed by atoms with Crippen LogP contribution in [0.15, 0.2) is 55.0 Å². The van der Waals surface area contributed by atoms with Crippen molar-refractivity contribution in [1.82, 2.24) is 19.2 Å². The van der Waals surface area contributed by atoms with Gasteiger partial charge in [0.25, 0.3) is 5.91 Å². The number of amides is 1. The first kappa shape index (κ1) is 19.3. The number of anilines is 1. The van der Waals surface area contributed by atoms with Crippen LogP contribution in [0.1, 0.15) is 34.7 Å². The smallest absolute Gasteiger partial charge is 0.305 e. The summed E-state index contributed by atoms with van der Waals surface area (Å²) in [6.45, 7) is 4.18. The fourth-order valence-electron chi connectivity index (χ4n) is 3.99. The number of pyridine rings is 1. The molecule has 1 atom stereocenters. The molecule has 0 saturated heterocycles. The molecule has 1 aromatic carbocycles. The van der Waals surface area contributed by atoms with E-state index in [4.69, 9.17) is 0 Å². The van der Waals surface area contributed by atoms with E-state index in [-0.39, 0.29) is 11.9 Å². The van der Waals surface area contributed by atoms with Crippen molar-refractivity contribution >= 4 is 17.2 Å². The number of aromatic nitrogens is 4. The van der Waals surface area contributed by atoms with Crippen molar-refractivity contribution < 1.29 is 18.0 Å². The Kier molecular flexibility index (Phi) is 4.18. The predicted octanol–water partition coefficient (Wildman–Crippen LogP) is 4.75. The van der Waals surface area contributed by atoms with Crippen molar-refractivity contribution in [3.63, 3.8) is 0 Å². The van der Waals surface area contributed by atoms with Crippen molar-refractivity contribution in [1.29, 1.82) is 0 Å². The minimum Gasteiger partial charge on any atom is -0.305 e. The van der Waals surface area contributed by atoms with Gasteiger partial charge < -0.3 is 9.30 Å². The van der Waals surface area contributed by atoms with Gasteiger partial charge in [-0.3, -0.25) is 9.48 Å². The lowest BCUT2D eigenvalue weighted by molar-refractivity contribution is -0.137. The van der Waals surface area contributed by atoms with Gasteiger partial charge in [-0.2, -0.15) is 18.3 Å². The van der Waals surface area contributed by atoms with E-state index in [1.807, 2.05) is 36.6 Å². The number of hydrogen-bond donors (Lipinski definition) is 0. The number of alkyl halides is 3. The molecule has 0 N–H and O–H groups in total. The lowest BCUT2D eigenvalue weighted by Crippen LogP contribution is -2.42. The maximum atomic E-state index is 13.4. The SMILES string of the molecule is Cc1cnc2ccc(-c3cnn4c3C(=O)N(c3ccc(C(F)(F)F)cc3)C[C@@H]4C)cn12. The highest BCUT2D eigenvalue weighted by molar-refractivity contribution is 6.09. The molecule has 158 valence electrons. The Labute approximate surface area is 175 Å². The number of hydrogen-bond acceptors (Lipinski definition) is 3. The maximum absolute atomic E-state index is 13.4. The van der Waals surface area contributed by atoms with Crippen LogP contribution in [-0.4, -0.2) is 31.6 Å². The maximum Gasteiger partial charge on any atom is 0.416 e. The summed E-state index contributed by atoms with van der Waals surface area (Å²) in [6.07, 6.45) is 0.914. The zero-order chi connectivity index (χ0) is 21.9. The first-order valence-electron chi connectivity index (χ1n) is 9.75. The topological polar surface area (TPSA) is 55.4 Å². The first-order valence-corrected chi connectivity index (χ1v) is 9.75. The van der Waals surface area contributed by atoms with E-state index in [0.717, 1.165) is 29.0 Å². The molecule has 6 nitrogen and oxygen atoms in total. The van der Waals surface area contributed by atoms with Crippen LogP contribution in [0.25, 0.3) is 16.8 Å². The second-order valence-corrected chi connectivity index (χ2v) is 7.71. The number of fused-ring (bicyclic) bond motifs is 2. The molecule has 0 bridgehead atoms. The Morgan fingerprint density at radius 2 is 1.81 bits per heavy atom. The molecule has 4 aromatic rings. The number of aryl methyl sites for hydroxylation is 1. The normalized spacial score (nSPS) is 16.7. The fraction of sp³-hybridized carbons (Fsp3) is 0.227. The molecule has 0 spiro atoms. The summed E-state index contributed by atoms with van der Waals surface area (Å²) in [6, 6.07) is 8.28. The Morgan fingerprint density at radius 3 is 2.52 bits per heavy atom. The molecule has 31 heavy (non-hydrogen) atoms. The quantitative estimate of drug-likeness (QED) is 0.466. The summed E-state index contributed by atoms with van der Waals surface area (Å²) in [5.74, 6) is -0.298. The van der Waals surface area contributed by atoms with Gasteiger partial charge in [0.05, 0.1) is 17.8 Å². The molecule has 0 fully saturated rings. The van der Waals surface area contributed by atoms with Gasteiger partial charge in [-0.15, -0.1) is 0 Å². The molecule has 1 aliphatic heterocycles. The molecule has 0 aliphatic carbocycles. The predicted molar refractivity (Wildman–Crippen MR) is 109 cm³/mol. The van der Waals surface area contributed by atoms with Gasteiger partial charge in [0.2, 0.25) is 0 Å². The van der Waals surface area contributed by atoms with E-state index in [0.29, 0.717) is 23.5 Å². The highest BCUT2D eigenvalue weighted by Crippen LogP contribution is 2.35. The average Bonchev–Trinajstić information content (AvgIpc) is 3.35. The summed E-state index contributed by atoms with van der Waals surface area (Å²) in [5, 5.41) is 4.42. The Bertz CT molecular complexity index is 1300. The van der Waals surface area contributed by atoms with Gasteiger partial charge in [0, 0.05) is 41.4 Å². The lowest BCUT2D eigenvalue weighted by atomic mass is 10.0. The van der Waals surface area contributed by atoms with Crippen molar-refractivity contribution in [2.24, 2.45) is 0 Å². The van der Waals surface area contributed by atoms with Gasteiger partial charge in [-0.05, 0) is 50.2 Å². The summed E-state index contributed by atoms with van der Waals surface area (Å²) in [7, 11) is 0. The van der Waals surface area contributed by atoms with E-state index in [9.17, 15) is 18.0 Å². The monoisotopic (exact) mass is 425 g/mol. The number of benzene rings is 1. The molecule has 1 amide bonds. The van der Waals surface area contributed by atoms with E-state index in [1.165, 1.54) is 17.0 Å². The minimum absolute atomic E-state index is 0.137. The Balaban J connectivity index is 1.57. The highest BCUT2D eigenvalue weighted by Gasteiger charge is 2.35. The van der Waals surface area contributed by atoms with Gasteiger partial charge in [-0.25, -0.2) is 4.98 Å². The zero-order valence-electron chi connectivity index (χ0n) is 16.8. The van der Waals surface area contributed by atoms with Crippen LogP contribution in [0.5, 0.6) is 0 Å². The fourth-order valence-corrected chi connectivity index (χ4v) is 3.99. The molecule has 1 aliphatic rings. The standard InChI is InChI=1S/C22H18F3N5O/c1-13-9-26-19-8-3-15(12-28(13)19)18-10-27-30-14(2)11-29(21(31)20(18)30)17-6-4-16(5-7-17)22(23,24)25/h3-10,12,14H,11H2,1-2H3/t14-/m0/s1. The molecule has 3 aromatic heterocycles. The Morgan fingerprint density at radius 1 is 1.06 bits per heavy atom. The third-order valence-electron chi connectivity index (χ3n) is 5.62. The average molecular weight is 425 g/mol. The summed E-state index contributed by atoms with van der Waals surface area (Å²) < 4.78 is 42.4. The van der Waals surface area contributed by atoms with Crippen molar-refractivity contribution in [3.8, 4) is 11.1 Å². The number of halogens is 3. The highest BCUT2D eigenvalue weighted by atomic mass is 19.4. The number of carbonyl (C=O) groups excluding carboxylic acids is 1. The molecule has 0 radical (unpaired) electrons. The van der Waals surface area contributed by atoms with Crippen molar-refractivity contribution in [2.45, 2.75) is 26.1 Å². The zero-order valence-corrected chi connectivity index (χ0v) is 16.8. The minimum atomic E-state index is -4.42. The summed E-state index contributed by atoms with van der Waals surface area (Å²) in [5.41, 5.74) is 3.33. The van der Waals surface area contributed by atoms with E-state index in [1.54, 1.807) is 17.1 Å². The van der Waals surface area contributed by atoms with Gasteiger partial charge in [0.15, 0.2) is 0 Å². The van der Waals surface area contributed by atoms with Crippen LogP contribution in [0.2, 0.25) is 0 Å². The summed E-state index contributed by atoms with van der Waals surface area (Å²) in [4.78, 5) is 19.2. The molecule has 9 heteroatoms. The molecular formula is C22H18F3N5O. The molecule has 4 heterocycles. The van der Waals surface area contributed by atoms with Crippen LogP contribution < -0.4 is 4.90 Å². The van der Waals surface area contributed by atoms with Gasteiger partial charge in [-0.1, -0.05) is 0 Å². The van der Waals surface area contributed by atoms with Crippen LogP contribution in [-0.2, 0) is 6.18 Å². The molecular weight excluding hydrogens is 407 g/mol. The lowest BCUT2D eigenvalue weighted by Gasteiger charge is -2.32. The van der Waals surface area contributed by atoms with Crippen molar-refractivity contribution in [2.75, 3.05) is 11.4 Å². The first-order chi connectivity index (χ1) is 14.7. The van der Waals surface area contributed by atoms with Crippen LogP contribution >= 0.6 is 0 Å². The second-order valence-electron chi connectivity index (χ2n) is 7.71. The van der Waals surface area contributed by atoms with Crippen LogP contribution in [0, 0.1) is 6.92 Å². The third kappa shape index (κ3) is 3.08. The van der Waals surface area contributed by atoms with Gasteiger partial charge in [0.1, 0.15) is 11.3 Å². The Hall–Kier alpha value is -3.62. The molecule has 5 rings (SSSR count).